The van der Waals surface area contributed by atoms with Crippen molar-refractivity contribution in [3.63, 3.8) is 0 Å². The summed E-state index contributed by atoms with van der Waals surface area (Å²) in [4.78, 5) is 4.36. The van der Waals surface area contributed by atoms with E-state index in [2.05, 4.69) is 17.1 Å². The van der Waals surface area contributed by atoms with E-state index < -0.39 is 5.54 Å². The zero-order valence-electron chi connectivity index (χ0n) is 10.1. The first-order valence-electron chi connectivity index (χ1n) is 5.79. The number of rotatable bonds is 3. The second-order valence-electron chi connectivity index (χ2n) is 4.78. The summed E-state index contributed by atoms with van der Waals surface area (Å²) >= 11 is 0. The highest BCUT2D eigenvalue weighted by atomic mass is 16.5. The average molecular weight is 225 g/mol. The van der Waals surface area contributed by atoms with Gasteiger partial charge in [0.05, 0.1) is 5.54 Å². The minimum atomic E-state index is -0.524. The lowest BCUT2D eigenvalue weighted by atomic mass is 10.00. The normalized spacial score (nSPS) is 29.2. The summed E-state index contributed by atoms with van der Waals surface area (Å²) in [5.74, 6) is 1.55. The molecule has 0 spiro atoms. The Morgan fingerprint density at radius 1 is 1.56 bits per heavy atom. The maximum atomic E-state index is 6.06. The number of nitrogens with two attached hydrogens (primary N) is 1. The number of hydrogen-bond acceptors (Lipinski definition) is 5. The van der Waals surface area contributed by atoms with Gasteiger partial charge in [-0.3, -0.25) is 0 Å². The SMILES string of the molecule is CCC(C)(N)c1noc(C2OCCC2C)n1. The van der Waals surface area contributed by atoms with E-state index in [1.165, 1.54) is 0 Å². The van der Waals surface area contributed by atoms with E-state index in [9.17, 15) is 0 Å². The van der Waals surface area contributed by atoms with Crippen LogP contribution in [0.25, 0.3) is 0 Å². The largest absolute Gasteiger partial charge is 0.368 e. The third kappa shape index (κ3) is 1.97. The average Bonchev–Trinajstić information content (AvgIpc) is 2.85. The molecule has 0 amide bonds. The monoisotopic (exact) mass is 225 g/mol. The molecule has 1 fully saturated rings. The van der Waals surface area contributed by atoms with Crippen LogP contribution < -0.4 is 5.73 Å². The fraction of sp³-hybridized carbons (Fsp3) is 0.818. The van der Waals surface area contributed by atoms with Crippen LogP contribution in [0, 0.1) is 5.92 Å². The minimum Gasteiger partial charge on any atom is -0.368 e. The van der Waals surface area contributed by atoms with Crippen LogP contribution >= 0.6 is 0 Å². The summed E-state index contributed by atoms with van der Waals surface area (Å²) in [6.45, 7) is 6.80. The van der Waals surface area contributed by atoms with Crippen molar-refractivity contribution in [3.05, 3.63) is 11.7 Å². The fourth-order valence-electron chi connectivity index (χ4n) is 1.75. The zero-order chi connectivity index (χ0) is 11.8. The molecule has 1 aliphatic rings. The van der Waals surface area contributed by atoms with E-state index in [4.69, 9.17) is 15.0 Å². The molecule has 0 aromatic carbocycles. The van der Waals surface area contributed by atoms with Crippen molar-refractivity contribution in [1.82, 2.24) is 10.1 Å². The second kappa shape index (κ2) is 4.14. The lowest BCUT2D eigenvalue weighted by Gasteiger charge is -2.17. The van der Waals surface area contributed by atoms with Gasteiger partial charge in [0.1, 0.15) is 6.10 Å². The fourth-order valence-corrected chi connectivity index (χ4v) is 1.75. The first kappa shape index (κ1) is 11.5. The first-order chi connectivity index (χ1) is 7.54. The molecule has 1 aliphatic heterocycles. The molecule has 0 aliphatic carbocycles. The molecular formula is C11H19N3O2. The summed E-state index contributed by atoms with van der Waals surface area (Å²) in [6.07, 6.45) is 1.75. The maximum Gasteiger partial charge on any atom is 0.256 e. The van der Waals surface area contributed by atoms with Gasteiger partial charge in [0.25, 0.3) is 5.89 Å². The van der Waals surface area contributed by atoms with Crippen molar-refractivity contribution in [3.8, 4) is 0 Å². The van der Waals surface area contributed by atoms with Crippen molar-refractivity contribution < 1.29 is 9.26 Å². The number of hydrogen-bond donors (Lipinski definition) is 1. The topological polar surface area (TPSA) is 74.2 Å². The molecule has 1 saturated heterocycles. The van der Waals surface area contributed by atoms with Crippen LogP contribution in [0.1, 0.15) is 51.4 Å². The predicted molar refractivity (Wildman–Crippen MR) is 58.6 cm³/mol. The molecule has 5 heteroatoms. The van der Waals surface area contributed by atoms with Crippen LogP contribution in [0.4, 0.5) is 0 Å². The van der Waals surface area contributed by atoms with Gasteiger partial charge in [0.2, 0.25) is 0 Å². The Hall–Kier alpha value is -0.940. The van der Waals surface area contributed by atoms with Gasteiger partial charge in [-0.15, -0.1) is 0 Å². The summed E-state index contributed by atoms with van der Waals surface area (Å²) in [5.41, 5.74) is 5.53. The molecule has 16 heavy (non-hydrogen) atoms. The van der Waals surface area contributed by atoms with Gasteiger partial charge in [0, 0.05) is 6.61 Å². The highest BCUT2D eigenvalue weighted by Crippen LogP contribution is 2.33. The van der Waals surface area contributed by atoms with Gasteiger partial charge >= 0.3 is 0 Å². The third-order valence-corrected chi connectivity index (χ3v) is 3.32. The summed E-state index contributed by atoms with van der Waals surface area (Å²) in [5, 5.41) is 3.95. The van der Waals surface area contributed by atoms with E-state index in [-0.39, 0.29) is 6.10 Å². The van der Waals surface area contributed by atoms with Gasteiger partial charge in [-0.2, -0.15) is 4.98 Å². The van der Waals surface area contributed by atoms with Crippen molar-refractivity contribution in [2.24, 2.45) is 11.7 Å². The minimum absolute atomic E-state index is 0.0612. The van der Waals surface area contributed by atoms with E-state index in [0.29, 0.717) is 17.6 Å². The van der Waals surface area contributed by atoms with Gasteiger partial charge in [-0.25, -0.2) is 0 Å². The van der Waals surface area contributed by atoms with Gasteiger partial charge < -0.3 is 15.0 Å². The van der Waals surface area contributed by atoms with Gasteiger partial charge in [-0.1, -0.05) is 19.0 Å². The lowest BCUT2D eigenvalue weighted by Crippen LogP contribution is -2.33. The molecule has 3 atom stereocenters. The number of nitrogens with zero attached hydrogens (tertiary/aromatic N) is 2. The summed E-state index contributed by atoms with van der Waals surface area (Å²) < 4.78 is 10.8. The Bertz CT molecular complexity index is 362. The quantitative estimate of drug-likeness (QED) is 0.848. The van der Waals surface area contributed by atoms with Crippen LogP contribution in [-0.4, -0.2) is 16.7 Å². The van der Waals surface area contributed by atoms with E-state index in [0.717, 1.165) is 19.4 Å². The van der Waals surface area contributed by atoms with Gasteiger partial charge in [0.15, 0.2) is 5.82 Å². The van der Waals surface area contributed by atoms with E-state index >= 15 is 0 Å². The molecule has 1 aromatic heterocycles. The molecule has 5 nitrogen and oxygen atoms in total. The highest BCUT2D eigenvalue weighted by Gasteiger charge is 2.33. The zero-order valence-corrected chi connectivity index (χ0v) is 10.1. The lowest BCUT2D eigenvalue weighted by molar-refractivity contribution is 0.0661. The molecule has 0 bridgehead atoms. The van der Waals surface area contributed by atoms with Crippen LogP contribution in [0.2, 0.25) is 0 Å². The van der Waals surface area contributed by atoms with Crippen LogP contribution in [-0.2, 0) is 10.3 Å². The predicted octanol–water partition coefficient (Wildman–Crippen LogP) is 1.75. The standard InChI is InChI=1S/C11H19N3O2/c1-4-11(3,12)10-13-9(16-14-10)8-7(2)5-6-15-8/h7-8H,4-6,12H2,1-3H3. The summed E-state index contributed by atoms with van der Waals surface area (Å²) in [6, 6.07) is 0. The number of ether oxygens (including phenoxy) is 1. The van der Waals surface area contributed by atoms with Crippen LogP contribution in [0.15, 0.2) is 4.52 Å². The Balaban J connectivity index is 2.19. The van der Waals surface area contributed by atoms with Crippen molar-refractivity contribution in [1.29, 1.82) is 0 Å². The van der Waals surface area contributed by atoms with Crippen molar-refractivity contribution in [2.45, 2.75) is 45.3 Å². The molecule has 2 N–H and O–H groups in total. The maximum absolute atomic E-state index is 6.06. The molecule has 0 radical (unpaired) electrons. The summed E-state index contributed by atoms with van der Waals surface area (Å²) in [7, 11) is 0. The highest BCUT2D eigenvalue weighted by molar-refractivity contribution is 5.03. The van der Waals surface area contributed by atoms with E-state index in [1.807, 2.05) is 13.8 Å². The van der Waals surface area contributed by atoms with E-state index in [1.54, 1.807) is 0 Å². The Labute approximate surface area is 95.3 Å². The second-order valence-corrected chi connectivity index (χ2v) is 4.78. The molecule has 90 valence electrons. The molecule has 2 rings (SSSR count). The van der Waals surface area contributed by atoms with Crippen LogP contribution in [0.3, 0.4) is 0 Å². The molecular weight excluding hydrogens is 206 g/mol. The number of aromatic nitrogens is 2. The molecule has 1 aromatic rings. The Morgan fingerprint density at radius 3 is 2.88 bits per heavy atom. The van der Waals surface area contributed by atoms with Crippen LogP contribution in [0.5, 0.6) is 0 Å². The third-order valence-electron chi connectivity index (χ3n) is 3.32. The Kier molecular flexibility index (Phi) is 2.99. The van der Waals surface area contributed by atoms with Gasteiger partial charge in [-0.05, 0) is 25.7 Å². The Morgan fingerprint density at radius 2 is 2.31 bits per heavy atom. The smallest absolute Gasteiger partial charge is 0.256 e. The van der Waals surface area contributed by atoms with Crippen molar-refractivity contribution >= 4 is 0 Å². The molecule has 3 unspecified atom stereocenters. The first-order valence-corrected chi connectivity index (χ1v) is 5.79. The molecule has 2 heterocycles. The molecule has 0 saturated carbocycles. The van der Waals surface area contributed by atoms with Crippen molar-refractivity contribution in [2.75, 3.05) is 6.61 Å².